The summed E-state index contributed by atoms with van der Waals surface area (Å²) in [6, 6.07) is 0. The van der Waals surface area contributed by atoms with E-state index in [1.165, 1.54) is 23.5 Å². The highest BCUT2D eigenvalue weighted by molar-refractivity contribution is 9.10. The van der Waals surface area contributed by atoms with Gasteiger partial charge in [-0.1, -0.05) is 11.8 Å². The molecule has 0 aliphatic heterocycles. The van der Waals surface area contributed by atoms with Gasteiger partial charge in [0.25, 0.3) is 0 Å². The van der Waals surface area contributed by atoms with E-state index in [0.717, 1.165) is 10.4 Å². The summed E-state index contributed by atoms with van der Waals surface area (Å²) in [4.78, 5) is 8.91. The first kappa shape index (κ1) is 17.0. The van der Waals surface area contributed by atoms with Gasteiger partial charge in [0.1, 0.15) is 22.5 Å². The van der Waals surface area contributed by atoms with Crippen LogP contribution in [0.2, 0.25) is 0 Å². The largest absolute Gasteiger partial charge is 0.394 e. The molecule has 21 heavy (non-hydrogen) atoms. The molecule has 2 aromatic rings. The lowest BCUT2D eigenvalue weighted by molar-refractivity contribution is -0.0195. The molecule has 1 unspecified atom stereocenters. The van der Waals surface area contributed by atoms with Gasteiger partial charge in [0.2, 0.25) is 0 Å². The number of hydrogen-bond donors (Lipinski definition) is 2. The van der Waals surface area contributed by atoms with Gasteiger partial charge in [-0.05, 0) is 28.4 Å². The van der Waals surface area contributed by atoms with Gasteiger partial charge in [-0.25, -0.2) is 14.6 Å². The lowest BCUT2D eigenvalue weighted by atomic mass is 10.4. The summed E-state index contributed by atoms with van der Waals surface area (Å²) in [6.45, 7) is -0.165. The Hall–Kier alpha value is -0.390. The van der Waals surface area contributed by atoms with Crippen LogP contribution in [0, 0.1) is 0 Å². The van der Waals surface area contributed by atoms with Crippen molar-refractivity contribution < 1.29 is 14.9 Å². The topological polar surface area (TPSA) is 93.3 Å². The normalized spacial score (nSPS) is 13.0. The lowest BCUT2D eigenvalue weighted by Crippen LogP contribution is -2.20. The molecule has 0 bridgehead atoms. The van der Waals surface area contributed by atoms with Gasteiger partial charge in [0, 0.05) is 0 Å². The molecule has 7 nitrogen and oxygen atoms in total. The molecule has 0 aromatic carbocycles. The average Bonchev–Trinajstić information content (AvgIpc) is 2.82. The van der Waals surface area contributed by atoms with Crippen molar-refractivity contribution in [1.82, 2.24) is 19.7 Å². The molecule has 0 aliphatic rings. The van der Waals surface area contributed by atoms with Crippen LogP contribution in [0.3, 0.4) is 0 Å². The summed E-state index contributed by atoms with van der Waals surface area (Å²) in [5, 5.41) is 24.7. The fourth-order valence-electron chi connectivity index (χ4n) is 1.64. The van der Waals surface area contributed by atoms with Crippen LogP contribution in [-0.4, -0.2) is 61.8 Å². The van der Waals surface area contributed by atoms with Crippen molar-refractivity contribution in [2.45, 2.75) is 23.0 Å². The van der Waals surface area contributed by atoms with Crippen molar-refractivity contribution >= 4 is 50.5 Å². The number of halogens is 1. The minimum Gasteiger partial charge on any atom is -0.394 e. The highest BCUT2D eigenvalue weighted by Gasteiger charge is 2.17. The van der Waals surface area contributed by atoms with Crippen molar-refractivity contribution in [2.75, 3.05) is 25.7 Å². The number of rotatable bonds is 7. The molecule has 0 spiro atoms. The van der Waals surface area contributed by atoms with Crippen LogP contribution in [0.1, 0.15) is 0 Å². The summed E-state index contributed by atoms with van der Waals surface area (Å²) in [7, 11) is 0. The number of ether oxygens (including phenoxy) is 1. The molecule has 1 atom stereocenters. The molecule has 0 fully saturated rings. The van der Waals surface area contributed by atoms with Crippen LogP contribution in [0.4, 0.5) is 0 Å². The van der Waals surface area contributed by atoms with Crippen molar-refractivity contribution in [2.24, 2.45) is 0 Å². The van der Waals surface area contributed by atoms with Crippen LogP contribution in [-0.2, 0) is 11.5 Å². The minimum absolute atomic E-state index is 0.0331. The summed E-state index contributed by atoms with van der Waals surface area (Å²) >= 11 is 6.40. The number of aliphatic hydroxyl groups is 2. The number of aliphatic hydroxyl groups excluding tert-OH is 2. The third-order valence-electron chi connectivity index (χ3n) is 2.61. The molecule has 0 radical (unpaired) electrons. The van der Waals surface area contributed by atoms with E-state index in [-0.39, 0.29) is 19.9 Å². The van der Waals surface area contributed by atoms with Crippen LogP contribution >= 0.6 is 39.5 Å². The highest BCUT2D eigenvalue weighted by atomic mass is 79.9. The SMILES string of the molecule is CSc1nc(SC)c2c(Br)nn(COCC(O)CO)c2n1. The second kappa shape index (κ2) is 7.75. The third kappa shape index (κ3) is 3.88. The van der Waals surface area contributed by atoms with E-state index in [2.05, 4.69) is 31.0 Å². The molecule has 2 aromatic heterocycles. The van der Waals surface area contributed by atoms with Crippen molar-refractivity contribution in [3.05, 3.63) is 4.60 Å². The van der Waals surface area contributed by atoms with Crippen LogP contribution in [0.15, 0.2) is 14.8 Å². The fourth-order valence-corrected chi connectivity index (χ4v) is 3.31. The summed E-state index contributed by atoms with van der Waals surface area (Å²) in [6.07, 6.45) is 2.97. The Morgan fingerprint density at radius 3 is 2.71 bits per heavy atom. The molecule has 0 aliphatic carbocycles. The molecule has 0 saturated heterocycles. The highest BCUT2D eigenvalue weighted by Crippen LogP contribution is 2.31. The predicted octanol–water partition coefficient (Wildman–Crippen LogP) is 1.36. The zero-order chi connectivity index (χ0) is 15.4. The van der Waals surface area contributed by atoms with Gasteiger partial charge < -0.3 is 14.9 Å². The minimum atomic E-state index is -0.895. The van der Waals surface area contributed by atoms with E-state index in [1.54, 1.807) is 4.68 Å². The quantitative estimate of drug-likeness (QED) is 0.413. The van der Waals surface area contributed by atoms with Crippen LogP contribution in [0.5, 0.6) is 0 Å². The van der Waals surface area contributed by atoms with Gasteiger partial charge in [-0.2, -0.15) is 5.10 Å². The third-order valence-corrected chi connectivity index (χ3v) is 4.39. The van der Waals surface area contributed by atoms with Gasteiger partial charge in [0.15, 0.2) is 10.8 Å². The maximum Gasteiger partial charge on any atom is 0.190 e. The summed E-state index contributed by atoms with van der Waals surface area (Å²) in [5.74, 6) is 0. The molecular formula is C11H15BrN4O3S2. The van der Waals surface area contributed by atoms with Gasteiger partial charge in [-0.3, -0.25) is 0 Å². The molecule has 10 heteroatoms. The predicted molar refractivity (Wildman–Crippen MR) is 85.6 cm³/mol. The zero-order valence-electron chi connectivity index (χ0n) is 11.5. The molecule has 2 rings (SSSR count). The van der Waals surface area contributed by atoms with Crippen molar-refractivity contribution in [1.29, 1.82) is 0 Å². The molecule has 0 saturated carbocycles. The number of thioether (sulfide) groups is 2. The Kier molecular flexibility index (Phi) is 6.26. The Labute approximate surface area is 138 Å². The maximum absolute atomic E-state index is 9.27. The fraction of sp³-hybridized carbons (Fsp3) is 0.545. The van der Waals surface area contributed by atoms with E-state index in [4.69, 9.17) is 9.84 Å². The van der Waals surface area contributed by atoms with Crippen molar-refractivity contribution in [3.8, 4) is 0 Å². The average molecular weight is 395 g/mol. The molecular weight excluding hydrogens is 380 g/mol. The number of hydrogen-bond acceptors (Lipinski definition) is 8. The standard InChI is InChI=1S/C11H15BrN4O3S2/c1-20-10-7-8(12)15-16(5-19-4-6(18)3-17)9(7)13-11(14-10)21-2/h6,17-18H,3-5H2,1-2H3. The maximum atomic E-state index is 9.27. The van der Waals surface area contributed by atoms with E-state index < -0.39 is 6.10 Å². The second-order valence-electron chi connectivity index (χ2n) is 4.04. The number of aromatic nitrogens is 4. The Morgan fingerprint density at radius 2 is 2.10 bits per heavy atom. The first-order chi connectivity index (χ1) is 10.1. The van der Waals surface area contributed by atoms with Gasteiger partial charge >= 0.3 is 0 Å². The van der Waals surface area contributed by atoms with E-state index in [0.29, 0.717) is 15.4 Å². The van der Waals surface area contributed by atoms with Crippen molar-refractivity contribution in [3.63, 3.8) is 0 Å². The summed E-state index contributed by atoms with van der Waals surface area (Å²) in [5.41, 5.74) is 0.670. The molecule has 2 heterocycles. The first-order valence-electron chi connectivity index (χ1n) is 5.99. The molecule has 2 N–H and O–H groups in total. The van der Waals surface area contributed by atoms with E-state index >= 15 is 0 Å². The lowest BCUT2D eigenvalue weighted by Gasteiger charge is -2.09. The Bertz CT molecular complexity index is 625. The summed E-state index contributed by atoms with van der Waals surface area (Å²) < 4.78 is 7.59. The van der Waals surface area contributed by atoms with Crippen LogP contribution < -0.4 is 0 Å². The molecule has 116 valence electrons. The van der Waals surface area contributed by atoms with Gasteiger partial charge in [0.05, 0.1) is 18.6 Å². The second-order valence-corrected chi connectivity index (χ2v) is 6.36. The Morgan fingerprint density at radius 1 is 1.33 bits per heavy atom. The smallest absolute Gasteiger partial charge is 0.190 e. The van der Waals surface area contributed by atoms with E-state index in [1.807, 2.05) is 12.5 Å². The first-order valence-corrected chi connectivity index (χ1v) is 9.23. The zero-order valence-corrected chi connectivity index (χ0v) is 14.7. The van der Waals surface area contributed by atoms with Gasteiger partial charge in [-0.15, -0.1) is 11.8 Å². The van der Waals surface area contributed by atoms with Crippen LogP contribution in [0.25, 0.3) is 11.0 Å². The van der Waals surface area contributed by atoms with E-state index in [9.17, 15) is 5.11 Å². The Balaban J connectivity index is 2.31. The monoisotopic (exact) mass is 394 g/mol. The number of fused-ring (bicyclic) bond motifs is 1. The molecule has 0 amide bonds. The number of nitrogens with zero attached hydrogens (tertiary/aromatic N) is 4.